The zero-order valence-corrected chi connectivity index (χ0v) is 8.82. The summed E-state index contributed by atoms with van der Waals surface area (Å²) in [5, 5.41) is 15.9. The van der Waals surface area contributed by atoms with Crippen molar-refractivity contribution < 1.29 is 5.11 Å². The summed E-state index contributed by atoms with van der Waals surface area (Å²) in [5.74, 6) is 0. The lowest BCUT2D eigenvalue weighted by molar-refractivity contribution is 0.210. The van der Waals surface area contributed by atoms with E-state index in [0.717, 1.165) is 5.69 Å². The third-order valence-electron chi connectivity index (χ3n) is 2.15. The minimum atomic E-state index is -0.707. The minimum absolute atomic E-state index is 0.649. The van der Waals surface area contributed by atoms with Crippen LogP contribution in [0.2, 0.25) is 0 Å². The number of hydrogen-bond donors (Lipinski definition) is 1. The first-order valence-electron chi connectivity index (χ1n) is 4.27. The zero-order valence-electron chi connectivity index (χ0n) is 8.01. The van der Waals surface area contributed by atoms with Gasteiger partial charge in [0.05, 0.1) is 11.4 Å². The van der Waals surface area contributed by atoms with Crippen molar-refractivity contribution in [2.75, 3.05) is 0 Å². The molecule has 0 bridgehead atoms. The van der Waals surface area contributed by atoms with E-state index in [9.17, 15) is 5.11 Å². The van der Waals surface area contributed by atoms with Gasteiger partial charge in [0.2, 0.25) is 0 Å². The highest BCUT2D eigenvalue weighted by Gasteiger charge is 2.15. The first-order valence-corrected chi connectivity index (χ1v) is 5.11. The summed E-state index contributed by atoms with van der Waals surface area (Å²) < 4.78 is 5.81. The van der Waals surface area contributed by atoms with Crippen LogP contribution in [0.5, 0.6) is 0 Å². The Kier molecular flexibility index (Phi) is 2.35. The molecule has 0 amide bonds. The Labute approximate surface area is 86.0 Å². The van der Waals surface area contributed by atoms with Crippen molar-refractivity contribution in [2.45, 2.75) is 13.0 Å². The zero-order chi connectivity index (χ0) is 10.1. The summed E-state index contributed by atoms with van der Waals surface area (Å²) in [5.41, 5.74) is 2.33. The predicted molar refractivity (Wildman–Crippen MR) is 54.1 cm³/mol. The van der Waals surface area contributed by atoms with Gasteiger partial charge in [-0.05, 0) is 30.6 Å². The van der Waals surface area contributed by atoms with Crippen molar-refractivity contribution >= 4 is 11.5 Å². The molecule has 0 fully saturated rings. The van der Waals surface area contributed by atoms with E-state index in [1.165, 1.54) is 11.5 Å². The van der Waals surface area contributed by atoms with Crippen LogP contribution in [-0.2, 0) is 7.05 Å². The smallest absolute Gasteiger partial charge is 0.141 e. The first kappa shape index (κ1) is 9.36. The van der Waals surface area contributed by atoms with Crippen LogP contribution in [0.25, 0.3) is 0 Å². The molecule has 0 saturated carbocycles. The van der Waals surface area contributed by atoms with Crippen LogP contribution in [0.15, 0.2) is 17.5 Å². The van der Waals surface area contributed by atoms with Gasteiger partial charge in [-0.1, -0.05) is 0 Å². The number of aryl methyl sites for hydroxylation is 2. The van der Waals surface area contributed by atoms with Crippen LogP contribution in [-0.4, -0.2) is 19.3 Å². The SMILES string of the molecule is Cc1cc(C(O)c2ccsn2)nn1C. The molecule has 2 aromatic heterocycles. The van der Waals surface area contributed by atoms with Crippen molar-refractivity contribution in [3.8, 4) is 0 Å². The first-order chi connectivity index (χ1) is 6.68. The molecule has 0 spiro atoms. The minimum Gasteiger partial charge on any atom is -0.380 e. The highest BCUT2D eigenvalue weighted by molar-refractivity contribution is 7.03. The predicted octanol–water partition coefficient (Wildman–Crippen LogP) is 1.27. The maximum absolute atomic E-state index is 9.89. The van der Waals surface area contributed by atoms with Crippen LogP contribution in [0, 0.1) is 6.92 Å². The highest BCUT2D eigenvalue weighted by Crippen LogP contribution is 2.20. The second-order valence-corrected chi connectivity index (χ2v) is 3.83. The van der Waals surface area contributed by atoms with Gasteiger partial charge in [0, 0.05) is 18.1 Å². The number of aliphatic hydroxyl groups is 1. The monoisotopic (exact) mass is 209 g/mol. The molecular formula is C9H11N3OS. The van der Waals surface area contributed by atoms with Crippen molar-refractivity contribution in [3.05, 3.63) is 34.6 Å². The summed E-state index contributed by atoms with van der Waals surface area (Å²) in [6, 6.07) is 3.67. The van der Waals surface area contributed by atoms with Crippen LogP contribution in [0.4, 0.5) is 0 Å². The summed E-state index contributed by atoms with van der Waals surface area (Å²) in [6.07, 6.45) is -0.707. The lowest BCUT2D eigenvalue weighted by Crippen LogP contribution is -2.01. The fourth-order valence-electron chi connectivity index (χ4n) is 1.24. The molecule has 5 heteroatoms. The molecule has 1 unspecified atom stereocenters. The van der Waals surface area contributed by atoms with E-state index < -0.39 is 6.10 Å². The van der Waals surface area contributed by atoms with E-state index in [2.05, 4.69) is 9.47 Å². The van der Waals surface area contributed by atoms with E-state index in [-0.39, 0.29) is 0 Å². The van der Waals surface area contributed by atoms with Crippen LogP contribution < -0.4 is 0 Å². The standard InChI is InChI=1S/C9H11N3OS/c1-6-5-8(10-12(6)2)9(13)7-3-4-14-11-7/h3-5,9,13H,1-2H3. The summed E-state index contributed by atoms with van der Waals surface area (Å²) >= 11 is 1.33. The van der Waals surface area contributed by atoms with E-state index in [1.807, 2.05) is 25.4 Å². The Hall–Kier alpha value is -1.20. The van der Waals surface area contributed by atoms with Crippen LogP contribution in [0.3, 0.4) is 0 Å². The van der Waals surface area contributed by atoms with Crippen molar-refractivity contribution in [1.29, 1.82) is 0 Å². The molecule has 14 heavy (non-hydrogen) atoms. The quantitative estimate of drug-likeness (QED) is 0.810. The van der Waals surface area contributed by atoms with Crippen LogP contribution in [0.1, 0.15) is 23.2 Å². The number of hydrogen-bond acceptors (Lipinski definition) is 4. The van der Waals surface area contributed by atoms with Gasteiger partial charge in [-0.3, -0.25) is 4.68 Å². The second-order valence-electron chi connectivity index (χ2n) is 3.16. The van der Waals surface area contributed by atoms with Gasteiger partial charge < -0.3 is 5.11 Å². The molecule has 0 aliphatic carbocycles. The maximum atomic E-state index is 9.89. The molecule has 74 valence electrons. The Morgan fingerprint density at radius 3 is 2.79 bits per heavy atom. The molecule has 2 rings (SSSR count). The Morgan fingerprint density at radius 2 is 2.29 bits per heavy atom. The summed E-state index contributed by atoms with van der Waals surface area (Å²) in [6.45, 7) is 1.95. The molecule has 2 heterocycles. The fourth-order valence-corrected chi connectivity index (χ4v) is 1.78. The average Bonchev–Trinajstić information content (AvgIpc) is 2.76. The Balaban J connectivity index is 2.32. The third kappa shape index (κ3) is 1.56. The molecule has 0 aromatic carbocycles. The van der Waals surface area contributed by atoms with E-state index >= 15 is 0 Å². The van der Waals surface area contributed by atoms with E-state index in [0.29, 0.717) is 11.4 Å². The number of nitrogens with zero attached hydrogens (tertiary/aromatic N) is 3. The van der Waals surface area contributed by atoms with E-state index in [1.54, 1.807) is 10.7 Å². The lowest BCUT2D eigenvalue weighted by atomic mass is 10.2. The van der Waals surface area contributed by atoms with Gasteiger partial charge >= 0.3 is 0 Å². The van der Waals surface area contributed by atoms with Gasteiger partial charge in [0.1, 0.15) is 6.10 Å². The molecule has 0 radical (unpaired) electrons. The van der Waals surface area contributed by atoms with Gasteiger partial charge in [-0.25, -0.2) is 0 Å². The molecule has 0 aliphatic rings. The van der Waals surface area contributed by atoms with E-state index in [4.69, 9.17) is 0 Å². The normalized spacial score (nSPS) is 13.1. The van der Waals surface area contributed by atoms with Crippen molar-refractivity contribution in [3.63, 3.8) is 0 Å². The van der Waals surface area contributed by atoms with Gasteiger partial charge in [-0.2, -0.15) is 9.47 Å². The molecule has 4 nitrogen and oxygen atoms in total. The summed E-state index contributed by atoms with van der Waals surface area (Å²) in [4.78, 5) is 0. The lowest BCUT2D eigenvalue weighted by Gasteiger charge is -2.02. The Bertz CT molecular complexity index is 402. The highest BCUT2D eigenvalue weighted by atomic mass is 32.1. The summed E-state index contributed by atoms with van der Waals surface area (Å²) in [7, 11) is 1.85. The molecule has 2 aromatic rings. The number of aliphatic hydroxyl groups excluding tert-OH is 1. The Morgan fingerprint density at radius 1 is 1.50 bits per heavy atom. The van der Waals surface area contributed by atoms with Gasteiger partial charge in [-0.15, -0.1) is 0 Å². The third-order valence-corrected chi connectivity index (χ3v) is 2.72. The molecular weight excluding hydrogens is 198 g/mol. The van der Waals surface area contributed by atoms with Crippen LogP contribution >= 0.6 is 11.5 Å². The topological polar surface area (TPSA) is 50.9 Å². The van der Waals surface area contributed by atoms with Gasteiger partial charge in [0.15, 0.2) is 0 Å². The number of aromatic nitrogens is 3. The molecule has 0 saturated heterocycles. The molecule has 1 N–H and O–H groups in total. The van der Waals surface area contributed by atoms with Gasteiger partial charge in [0.25, 0.3) is 0 Å². The maximum Gasteiger partial charge on any atom is 0.141 e. The largest absolute Gasteiger partial charge is 0.380 e. The van der Waals surface area contributed by atoms with Crippen molar-refractivity contribution in [1.82, 2.24) is 14.2 Å². The average molecular weight is 209 g/mol. The molecule has 0 aliphatic heterocycles. The molecule has 1 atom stereocenters. The second kappa shape index (κ2) is 3.51. The fraction of sp³-hybridized carbons (Fsp3) is 0.333. The number of rotatable bonds is 2. The van der Waals surface area contributed by atoms with Crippen molar-refractivity contribution in [2.24, 2.45) is 7.05 Å².